The molecular weight excluding hydrogens is 507 g/mol. The number of carbonyl (C=O) groups excluding carboxylic acids is 1. The zero-order valence-corrected chi connectivity index (χ0v) is 17.9. The van der Waals surface area contributed by atoms with Crippen molar-refractivity contribution in [3.05, 3.63) is 68.8 Å². The molecule has 4 rings (SSSR count). The van der Waals surface area contributed by atoms with Crippen LogP contribution in [0, 0.1) is 3.57 Å². The van der Waals surface area contributed by atoms with Gasteiger partial charge in [0.15, 0.2) is 0 Å². The van der Waals surface area contributed by atoms with Crippen molar-refractivity contribution in [1.29, 1.82) is 0 Å². The fraction of sp³-hybridized carbons (Fsp3) is 0.0952. The molecule has 0 aliphatic heterocycles. The fourth-order valence-electron chi connectivity index (χ4n) is 3.24. The molecule has 0 saturated carbocycles. The maximum Gasteiger partial charge on any atom is 0.338 e. The summed E-state index contributed by atoms with van der Waals surface area (Å²) in [5, 5.41) is 1.89. The SMILES string of the molecule is O=C(OCCOc1ccc(S(=O)(=O)[O-])c(I)c1)c1ccc2c3c(cccc13)C=C2. The minimum Gasteiger partial charge on any atom is -0.744 e. The van der Waals surface area contributed by atoms with Crippen LogP contribution >= 0.6 is 22.6 Å². The zero-order valence-electron chi connectivity index (χ0n) is 14.9. The molecule has 3 aromatic carbocycles. The van der Waals surface area contributed by atoms with Crippen LogP contribution in [0.4, 0.5) is 0 Å². The highest BCUT2D eigenvalue weighted by molar-refractivity contribution is 14.1. The predicted octanol–water partition coefficient (Wildman–Crippen LogP) is 4.07. The van der Waals surface area contributed by atoms with Gasteiger partial charge in [-0.15, -0.1) is 0 Å². The summed E-state index contributed by atoms with van der Waals surface area (Å²) in [5.74, 6) is -0.0548. The summed E-state index contributed by atoms with van der Waals surface area (Å²) in [6.45, 7) is 0.117. The van der Waals surface area contributed by atoms with Crippen molar-refractivity contribution in [2.75, 3.05) is 13.2 Å². The van der Waals surface area contributed by atoms with E-state index in [1.807, 2.05) is 36.4 Å². The minimum absolute atomic E-state index is 0.0260. The standard InChI is InChI=1S/C21H15IO6S/c22-18-12-15(7-9-19(18)29(24,25)26)27-10-11-28-21(23)17-8-6-14-5-4-13-2-1-3-16(17)20(13)14/h1-9,12H,10-11H2,(H,24,25,26)/p-1. The van der Waals surface area contributed by atoms with Crippen molar-refractivity contribution in [3.8, 4) is 5.75 Å². The average molecular weight is 521 g/mol. The highest BCUT2D eigenvalue weighted by Crippen LogP contribution is 2.33. The Balaban J connectivity index is 1.39. The summed E-state index contributed by atoms with van der Waals surface area (Å²) >= 11 is 1.76. The van der Waals surface area contributed by atoms with E-state index in [-0.39, 0.29) is 21.7 Å². The molecule has 0 saturated heterocycles. The van der Waals surface area contributed by atoms with E-state index in [4.69, 9.17) is 9.47 Å². The number of hydrogen-bond donors (Lipinski definition) is 0. The summed E-state index contributed by atoms with van der Waals surface area (Å²) in [6.07, 6.45) is 4.04. The number of hydrogen-bond acceptors (Lipinski definition) is 6. The van der Waals surface area contributed by atoms with Gasteiger partial charge in [-0.3, -0.25) is 0 Å². The summed E-state index contributed by atoms with van der Waals surface area (Å²) in [7, 11) is -4.52. The fourth-order valence-corrected chi connectivity index (χ4v) is 5.07. The molecule has 148 valence electrons. The third-order valence-electron chi connectivity index (χ3n) is 4.53. The van der Waals surface area contributed by atoms with E-state index in [1.54, 1.807) is 28.7 Å². The molecule has 0 N–H and O–H groups in total. The molecule has 0 atom stereocenters. The smallest absolute Gasteiger partial charge is 0.338 e. The second-order valence-electron chi connectivity index (χ2n) is 6.34. The van der Waals surface area contributed by atoms with Gasteiger partial charge in [0.25, 0.3) is 0 Å². The summed E-state index contributed by atoms with van der Waals surface area (Å²) in [4.78, 5) is 12.2. The predicted molar refractivity (Wildman–Crippen MR) is 116 cm³/mol. The topological polar surface area (TPSA) is 92.7 Å². The largest absolute Gasteiger partial charge is 0.744 e. The third-order valence-corrected chi connectivity index (χ3v) is 6.68. The van der Waals surface area contributed by atoms with Gasteiger partial charge in [0, 0.05) is 3.57 Å². The van der Waals surface area contributed by atoms with Gasteiger partial charge < -0.3 is 14.0 Å². The van der Waals surface area contributed by atoms with E-state index in [0.717, 1.165) is 21.9 Å². The van der Waals surface area contributed by atoms with Gasteiger partial charge in [0.1, 0.15) is 29.1 Å². The second-order valence-corrected chi connectivity index (χ2v) is 8.85. The molecule has 0 bridgehead atoms. The Bertz CT molecular complexity index is 1250. The summed E-state index contributed by atoms with van der Waals surface area (Å²) < 4.78 is 44.4. The molecule has 0 radical (unpaired) electrons. The van der Waals surface area contributed by atoms with E-state index < -0.39 is 16.1 Å². The van der Waals surface area contributed by atoms with Crippen LogP contribution in [0.5, 0.6) is 5.75 Å². The molecule has 29 heavy (non-hydrogen) atoms. The number of ether oxygens (including phenoxy) is 2. The maximum atomic E-state index is 12.5. The lowest BCUT2D eigenvalue weighted by atomic mass is 9.99. The van der Waals surface area contributed by atoms with Crippen LogP contribution in [0.15, 0.2) is 53.4 Å². The first-order valence-corrected chi connectivity index (χ1v) is 11.1. The Kier molecular flexibility index (Phi) is 5.32. The number of carbonyl (C=O) groups is 1. The van der Waals surface area contributed by atoms with Crippen molar-refractivity contribution in [2.45, 2.75) is 4.90 Å². The molecule has 0 unspecified atom stereocenters. The van der Waals surface area contributed by atoms with Crippen LogP contribution in [0.3, 0.4) is 0 Å². The van der Waals surface area contributed by atoms with Crippen LogP contribution in [-0.4, -0.2) is 32.2 Å². The monoisotopic (exact) mass is 521 g/mol. The van der Waals surface area contributed by atoms with Crippen LogP contribution in [0.1, 0.15) is 21.5 Å². The van der Waals surface area contributed by atoms with Gasteiger partial charge in [0.05, 0.1) is 10.5 Å². The first-order chi connectivity index (χ1) is 13.8. The average Bonchev–Trinajstić information content (AvgIpc) is 3.09. The summed E-state index contributed by atoms with van der Waals surface area (Å²) in [6, 6.07) is 13.5. The van der Waals surface area contributed by atoms with Crippen molar-refractivity contribution in [2.24, 2.45) is 0 Å². The van der Waals surface area contributed by atoms with Crippen LogP contribution < -0.4 is 4.74 Å². The third kappa shape index (κ3) is 4.00. The number of halogens is 1. The van der Waals surface area contributed by atoms with E-state index in [1.165, 1.54) is 18.2 Å². The highest BCUT2D eigenvalue weighted by Gasteiger charge is 2.17. The molecule has 6 nitrogen and oxygen atoms in total. The minimum atomic E-state index is -4.52. The van der Waals surface area contributed by atoms with Gasteiger partial charge in [-0.05, 0) is 68.8 Å². The van der Waals surface area contributed by atoms with Crippen LogP contribution in [-0.2, 0) is 14.9 Å². The molecule has 3 aromatic rings. The van der Waals surface area contributed by atoms with Crippen molar-refractivity contribution in [1.82, 2.24) is 0 Å². The Hall–Kier alpha value is -2.43. The molecular formula is C21H14IO6S-. The van der Waals surface area contributed by atoms with E-state index >= 15 is 0 Å². The van der Waals surface area contributed by atoms with E-state index in [0.29, 0.717) is 11.3 Å². The Labute approximate surface area is 181 Å². The van der Waals surface area contributed by atoms with E-state index in [2.05, 4.69) is 0 Å². The van der Waals surface area contributed by atoms with Gasteiger partial charge in [-0.2, -0.15) is 0 Å². The zero-order chi connectivity index (χ0) is 20.6. The van der Waals surface area contributed by atoms with Gasteiger partial charge >= 0.3 is 5.97 Å². The van der Waals surface area contributed by atoms with Gasteiger partial charge in [-0.25, -0.2) is 13.2 Å². The quantitative estimate of drug-likeness (QED) is 0.165. The van der Waals surface area contributed by atoms with Crippen LogP contribution in [0.25, 0.3) is 22.9 Å². The number of benzene rings is 3. The van der Waals surface area contributed by atoms with Gasteiger partial charge in [0.2, 0.25) is 0 Å². The Morgan fingerprint density at radius 2 is 1.76 bits per heavy atom. The molecule has 0 amide bonds. The maximum absolute atomic E-state index is 12.5. The molecule has 1 aliphatic rings. The lowest BCUT2D eigenvalue weighted by Crippen LogP contribution is -2.13. The lowest BCUT2D eigenvalue weighted by Gasteiger charge is -2.12. The first-order valence-electron chi connectivity index (χ1n) is 8.64. The van der Waals surface area contributed by atoms with Crippen molar-refractivity contribution in [3.63, 3.8) is 0 Å². The number of esters is 1. The molecule has 1 aliphatic carbocycles. The summed E-state index contributed by atoms with van der Waals surface area (Å²) in [5.41, 5.74) is 2.65. The number of rotatable bonds is 6. The second kappa shape index (κ2) is 7.77. The van der Waals surface area contributed by atoms with Crippen molar-refractivity contribution >= 4 is 61.6 Å². The Morgan fingerprint density at radius 1 is 1.00 bits per heavy atom. The normalized spacial score (nSPS) is 12.3. The molecule has 0 spiro atoms. The molecule has 8 heteroatoms. The van der Waals surface area contributed by atoms with Crippen LogP contribution in [0.2, 0.25) is 0 Å². The molecule has 0 fully saturated rings. The van der Waals surface area contributed by atoms with Gasteiger partial charge in [-0.1, -0.05) is 36.4 Å². The molecule has 0 heterocycles. The first kappa shape index (κ1) is 19.9. The van der Waals surface area contributed by atoms with E-state index in [9.17, 15) is 17.8 Å². The highest BCUT2D eigenvalue weighted by atomic mass is 127. The van der Waals surface area contributed by atoms with Crippen molar-refractivity contribution < 1.29 is 27.2 Å². The lowest BCUT2D eigenvalue weighted by molar-refractivity contribution is 0.0452. The Morgan fingerprint density at radius 3 is 2.48 bits per heavy atom. The molecule has 0 aromatic heterocycles.